The Kier molecular flexibility index (Phi) is 2.74. The van der Waals surface area contributed by atoms with Crippen molar-refractivity contribution in [2.45, 2.75) is 0 Å². The molecule has 0 atom stereocenters. The summed E-state index contributed by atoms with van der Waals surface area (Å²) in [6.07, 6.45) is 1.75. The average molecular weight is 307 g/mol. The topological polar surface area (TPSA) is 50.7 Å². The Labute approximate surface area is 110 Å². The van der Waals surface area contributed by atoms with Gasteiger partial charge < -0.3 is 5.32 Å². The first-order valence-electron chi connectivity index (χ1n) is 4.93. The predicted octanol–water partition coefficient (Wildman–Crippen LogP) is 3.59. The molecule has 0 fully saturated rings. The molecule has 1 N–H and O–H groups in total. The van der Waals surface area contributed by atoms with Crippen molar-refractivity contribution < 1.29 is 0 Å². The molecule has 0 spiro atoms. The molecule has 3 aromatic rings. The number of halogens is 1. The molecule has 17 heavy (non-hydrogen) atoms. The number of fused-ring (bicyclic) bond motifs is 1. The van der Waals surface area contributed by atoms with Crippen molar-refractivity contribution in [3.05, 3.63) is 41.0 Å². The molecule has 0 saturated heterocycles. The molecule has 0 saturated carbocycles. The molecule has 6 heteroatoms. The highest BCUT2D eigenvalue weighted by atomic mass is 79.9. The standard InChI is InChI=1S/C11H7BrN4S/c12-7-4-5-8(11-10(7)15-17-16-11)14-9-3-1-2-6-13-9/h1-6H,(H,13,14). The number of nitrogens with one attached hydrogen (secondary N) is 1. The van der Waals surface area contributed by atoms with E-state index in [2.05, 4.69) is 35.0 Å². The maximum absolute atomic E-state index is 4.29. The van der Waals surface area contributed by atoms with E-state index in [9.17, 15) is 0 Å². The van der Waals surface area contributed by atoms with Crippen molar-refractivity contribution >= 4 is 50.2 Å². The van der Waals surface area contributed by atoms with Crippen LogP contribution in [0.25, 0.3) is 11.0 Å². The molecular weight excluding hydrogens is 300 g/mol. The highest BCUT2D eigenvalue weighted by Gasteiger charge is 2.08. The highest BCUT2D eigenvalue weighted by Crippen LogP contribution is 2.29. The number of anilines is 2. The smallest absolute Gasteiger partial charge is 0.130 e. The van der Waals surface area contributed by atoms with Crippen molar-refractivity contribution in [3.63, 3.8) is 0 Å². The van der Waals surface area contributed by atoms with Crippen LogP contribution in [0.5, 0.6) is 0 Å². The average Bonchev–Trinajstić information content (AvgIpc) is 2.84. The lowest BCUT2D eigenvalue weighted by atomic mass is 10.2. The molecule has 2 aromatic heterocycles. The normalized spacial score (nSPS) is 10.6. The summed E-state index contributed by atoms with van der Waals surface area (Å²) >= 11 is 4.66. The van der Waals surface area contributed by atoms with Gasteiger partial charge in [-0.3, -0.25) is 0 Å². The minimum absolute atomic E-state index is 0.795. The Morgan fingerprint density at radius 2 is 1.94 bits per heavy atom. The number of rotatable bonds is 2. The fraction of sp³-hybridized carbons (Fsp3) is 0. The largest absolute Gasteiger partial charge is 0.338 e. The van der Waals surface area contributed by atoms with Gasteiger partial charge in [-0.25, -0.2) is 4.98 Å². The number of aromatic nitrogens is 3. The van der Waals surface area contributed by atoms with Crippen LogP contribution in [0.1, 0.15) is 0 Å². The second-order valence-electron chi connectivity index (χ2n) is 3.40. The van der Waals surface area contributed by atoms with Gasteiger partial charge in [-0.1, -0.05) is 6.07 Å². The fourth-order valence-corrected chi connectivity index (χ4v) is 2.61. The number of hydrogen-bond donors (Lipinski definition) is 1. The molecule has 1 aromatic carbocycles. The van der Waals surface area contributed by atoms with Gasteiger partial charge in [0.15, 0.2) is 0 Å². The summed E-state index contributed by atoms with van der Waals surface area (Å²) in [5.74, 6) is 0.795. The van der Waals surface area contributed by atoms with Gasteiger partial charge in [0.05, 0.1) is 17.4 Å². The predicted molar refractivity (Wildman–Crippen MR) is 72.6 cm³/mol. The van der Waals surface area contributed by atoms with E-state index in [4.69, 9.17) is 0 Å². The molecule has 84 valence electrons. The van der Waals surface area contributed by atoms with Crippen LogP contribution < -0.4 is 5.32 Å². The molecule has 0 amide bonds. The summed E-state index contributed by atoms with van der Waals surface area (Å²) in [4.78, 5) is 4.22. The Balaban J connectivity index is 2.07. The van der Waals surface area contributed by atoms with Crippen LogP contribution in [0, 0.1) is 0 Å². The molecule has 0 aliphatic carbocycles. The summed E-state index contributed by atoms with van der Waals surface area (Å²) in [6, 6.07) is 9.64. The van der Waals surface area contributed by atoms with Crippen molar-refractivity contribution in [1.29, 1.82) is 0 Å². The molecule has 0 radical (unpaired) electrons. The third kappa shape index (κ3) is 2.01. The van der Waals surface area contributed by atoms with Crippen LogP contribution in [0.4, 0.5) is 11.5 Å². The van der Waals surface area contributed by atoms with Crippen molar-refractivity contribution in [3.8, 4) is 0 Å². The number of pyridine rings is 1. The minimum atomic E-state index is 0.795. The fourth-order valence-electron chi connectivity index (χ4n) is 1.51. The third-order valence-corrected chi connectivity index (χ3v) is 3.46. The second kappa shape index (κ2) is 4.38. The SMILES string of the molecule is Brc1ccc(Nc2ccccn2)c2nsnc12. The van der Waals surface area contributed by atoms with Gasteiger partial charge >= 0.3 is 0 Å². The first-order valence-corrected chi connectivity index (χ1v) is 6.46. The summed E-state index contributed by atoms with van der Waals surface area (Å²) in [6.45, 7) is 0. The van der Waals surface area contributed by atoms with Gasteiger partial charge in [0, 0.05) is 10.7 Å². The van der Waals surface area contributed by atoms with E-state index in [0.29, 0.717) is 0 Å². The van der Waals surface area contributed by atoms with Crippen LogP contribution in [0.15, 0.2) is 41.0 Å². The van der Waals surface area contributed by atoms with E-state index in [0.717, 1.165) is 27.0 Å². The highest BCUT2D eigenvalue weighted by molar-refractivity contribution is 9.10. The first-order chi connectivity index (χ1) is 8.34. The van der Waals surface area contributed by atoms with Gasteiger partial charge in [-0.05, 0) is 40.2 Å². The van der Waals surface area contributed by atoms with Crippen LogP contribution in [0.2, 0.25) is 0 Å². The summed E-state index contributed by atoms with van der Waals surface area (Å²) in [5.41, 5.74) is 2.64. The molecule has 0 bridgehead atoms. The molecular formula is C11H7BrN4S. The summed E-state index contributed by atoms with van der Waals surface area (Å²) in [7, 11) is 0. The van der Waals surface area contributed by atoms with Gasteiger partial charge in [-0.15, -0.1) is 0 Å². The number of nitrogens with zero attached hydrogens (tertiary/aromatic N) is 3. The second-order valence-corrected chi connectivity index (χ2v) is 4.78. The van der Waals surface area contributed by atoms with E-state index in [1.54, 1.807) is 6.20 Å². The Hall–Kier alpha value is -1.53. The minimum Gasteiger partial charge on any atom is -0.338 e. The van der Waals surface area contributed by atoms with Crippen molar-refractivity contribution in [1.82, 2.24) is 13.7 Å². The van der Waals surface area contributed by atoms with Crippen LogP contribution in [0.3, 0.4) is 0 Å². The summed E-state index contributed by atoms with van der Waals surface area (Å²) < 4.78 is 9.48. The zero-order chi connectivity index (χ0) is 11.7. The van der Waals surface area contributed by atoms with Gasteiger partial charge in [0.25, 0.3) is 0 Å². The zero-order valence-electron chi connectivity index (χ0n) is 8.59. The van der Waals surface area contributed by atoms with Crippen molar-refractivity contribution in [2.24, 2.45) is 0 Å². The summed E-state index contributed by atoms with van der Waals surface area (Å²) in [5, 5.41) is 3.23. The molecule has 0 aliphatic rings. The molecule has 2 heterocycles. The van der Waals surface area contributed by atoms with Crippen LogP contribution >= 0.6 is 27.7 Å². The van der Waals surface area contributed by atoms with E-state index in [1.807, 2.05) is 30.3 Å². The monoisotopic (exact) mass is 306 g/mol. The number of hydrogen-bond acceptors (Lipinski definition) is 5. The van der Waals surface area contributed by atoms with Gasteiger partial charge in [0.1, 0.15) is 16.9 Å². The third-order valence-electron chi connectivity index (χ3n) is 2.29. The Bertz CT molecular complexity index is 653. The molecule has 3 rings (SSSR count). The van der Waals surface area contributed by atoms with E-state index < -0.39 is 0 Å². The van der Waals surface area contributed by atoms with Gasteiger partial charge in [-0.2, -0.15) is 8.75 Å². The lowest BCUT2D eigenvalue weighted by molar-refractivity contribution is 1.31. The number of benzene rings is 1. The zero-order valence-corrected chi connectivity index (χ0v) is 11.0. The molecule has 0 aliphatic heterocycles. The van der Waals surface area contributed by atoms with Crippen LogP contribution in [-0.2, 0) is 0 Å². The van der Waals surface area contributed by atoms with Crippen LogP contribution in [-0.4, -0.2) is 13.7 Å². The maximum atomic E-state index is 4.29. The van der Waals surface area contributed by atoms with E-state index in [1.165, 1.54) is 11.7 Å². The van der Waals surface area contributed by atoms with E-state index >= 15 is 0 Å². The molecule has 4 nitrogen and oxygen atoms in total. The van der Waals surface area contributed by atoms with Gasteiger partial charge in [0.2, 0.25) is 0 Å². The van der Waals surface area contributed by atoms with Crippen molar-refractivity contribution in [2.75, 3.05) is 5.32 Å². The Morgan fingerprint density at radius 3 is 2.76 bits per heavy atom. The lowest BCUT2D eigenvalue weighted by Gasteiger charge is -2.05. The Morgan fingerprint density at radius 1 is 1.06 bits per heavy atom. The quantitative estimate of drug-likeness (QED) is 0.786. The first kappa shape index (κ1) is 10.6. The maximum Gasteiger partial charge on any atom is 0.130 e. The lowest BCUT2D eigenvalue weighted by Crippen LogP contribution is -1.93. The molecule has 0 unspecified atom stereocenters. The van der Waals surface area contributed by atoms with E-state index in [-0.39, 0.29) is 0 Å².